The minimum atomic E-state index is -1.02. The monoisotopic (exact) mass is 237 g/mol. The minimum Gasteiger partial charge on any atom is -0.477 e. The van der Waals surface area contributed by atoms with Gasteiger partial charge in [-0.3, -0.25) is 4.79 Å². The lowest BCUT2D eigenvalue weighted by Crippen LogP contribution is -2.30. The number of rotatable bonds is 4. The average molecular weight is 237 g/mol. The van der Waals surface area contributed by atoms with E-state index < -0.39 is 5.97 Å². The Labute approximate surface area is 97.5 Å². The molecule has 5 heteroatoms. The standard InChI is InChI=1S/C11H11NO3S/c1-3-7-12(4-2)10(13)8-5-6-9(16-8)11(14)15/h1,5-6H,4,7H2,2H3,(H,14,15). The molecule has 0 radical (unpaired) electrons. The van der Waals surface area contributed by atoms with Crippen molar-refractivity contribution >= 4 is 23.2 Å². The molecule has 84 valence electrons. The zero-order valence-corrected chi connectivity index (χ0v) is 9.58. The Morgan fingerprint density at radius 1 is 1.50 bits per heavy atom. The number of hydrogen-bond donors (Lipinski definition) is 1. The minimum absolute atomic E-state index is 0.153. The van der Waals surface area contributed by atoms with E-state index >= 15 is 0 Å². The van der Waals surface area contributed by atoms with Crippen LogP contribution in [0.2, 0.25) is 0 Å². The number of carbonyl (C=O) groups excluding carboxylic acids is 1. The van der Waals surface area contributed by atoms with Gasteiger partial charge in [-0.1, -0.05) is 5.92 Å². The Morgan fingerprint density at radius 2 is 2.12 bits per heavy atom. The molecular formula is C11H11NO3S. The summed E-state index contributed by atoms with van der Waals surface area (Å²) in [5.74, 6) is 1.14. The van der Waals surface area contributed by atoms with Crippen molar-refractivity contribution in [2.45, 2.75) is 6.92 Å². The van der Waals surface area contributed by atoms with Gasteiger partial charge in [0.25, 0.3) is 5.91 Å². The van der Waals surface area contributed by atoms with Gasteiger partial charge in [-0.25, -0.2) is 4.79 Å². The molecule has 0 aliphatic carbocycles. The van der Waals surface area contributed by atoms with Crippen LogP contribution in [0.3, 0.4) is 0 Å². The van der Waals surface area contributed by atoms with Gasteiger partial charge in [0, 0.05) is 6.54 Å². The molecule has 0 aromatic carbocycles. The van der Waals surface area contributed by atoms with Gasteiger partial charge in [0.1, 0.15) is 4.88 Å². The van der Waals surface area contributed by atoms with Crippen molar-refractivity contribution in [3.05, 3.63) is 21.9 Å². The Kier molecular flexibility index (Phi) is 4.09. The zero-order chi connectivity index (χ0) is 12.1. The van der Waals surface area contributed by atoms with Crippen molar-refractivity contribution in [3.63, 3.8) is 0 Å². The first-order chi connectivity index (χ1) is 7.60. The van der Waals surface area contributed by atoms with Crippen LogP contribution < -0.4 is 0 Å². The Morgan fingerprint density at radius 3 is 2.56 bits per heavy atom. The van der Waals surface area contributed by atoms with Gasteiger partial charge in [-0.2, -0.15) is 0 Å². The molecule has 1 amide bonds. The maximum atomic E-state index is 11.8. The first-order valence-electron chi connectivity index (χ1n) is 4.66. The van der Waals surface area contributed by atoms with E-state index in [1.807, 2.05) is 6.92 Å². The molecule has 4 nitrogen and oxygen atoms in total. The highest BCUT2D eigenvalue weighted by atomic mass is 32.1. The number of amides is 1. The fourth-order valence-electron chi connectivity index (χ4n) is 1.16. The lowest BCUT2D eigenvalue weighted by atomic mass is 10.3. The zero-order valence-electron chi connectivity index (χ0n) is 8.77. The van der Waals surface area contributed by atoms with Crippen LogP contribution in [-0.2, 0) is 0 Å². The number of terminal acetylenes is 1. The topological polar surface area (TPSA) is 57.6 Å². The van der Waals surface area contributed by atoms with Crippen molar-refractivity contribution in [2.24, 2.45) is 0 Å². The van der Waals surface area contributed by atoms with E-state index in [1.54, 1.807) is 0 Å². The summed E-state index contributed by atoms with van der Waals surface area (Å²) in [6.45, 7) is 2.56. The largest absolute Gasteiger partial charge is 0.477 e. The molecule has 0 atom stereocenters. The molecule has 1 rings (SSSR count). The summed E-state index contributed by atoms with van der Waals surface area (Å²) in [5.41, 5.74) is 0. The molecule has 0 spiro atoms. The fraction of sp³-hybridized carbons (Fsp3) is 0.273. The Hall–Kier alpha value is -1.80. The van der Waals surface area contributed by atoms with Gasteiger partial charge in [0.05, 0.1) is 11.4 Å². The highest BCUT2D eigenvalue weighted by molar-refractivity contribution is 7.15. The predicted octanol–water partition coefficient (Wildman–Crippen LogP) is 1.54. The second kappa shape index (κ2) is 5.33. The van der Waals surface area contributed by atoms with E-state index in [9.17, 15) is 9.59 Å². The molecular weight excluding hydrogens is 226 g/mol. The third kappa shape index (κ3) is 2.61. The first-order valence-corrected chi connectivity index (χ1v) is 5.47. The number of nitrogens with zero attached hydrogens (tertiary/aromatic N) is 1. The van der Waals surface area contributed by atoms with Crippen molar-refractivity contribution < 1.29 is 14.7 Å². The molecule has 0 aliphatic rings. The van der Waals surface area contributed by atoms with Gasteiger partial charge in [0.2, 0.25) is 0 Å². The van der Waals surface area contributed by atoms with E-state index in [0.717, 1.165) is 11.3 Å². The maximum absolute atomic E-state index is 11.8. The van der Waals surface area contributed by atoms with E-state index in [0.29, 0.717) is 11.4 Å². The van der Waals surface area contributed by atoms with Crippen molar-refractivity contribution in [1.29, 1.82) is 0 Å². The second-order valence-corrected chi connectivity index (χ2v) is 4.08. The summed E-state index contributed by atoms with van der Waals surface area (Å²) in [5, 5.41) is 8.73. The summed E-state index contributed by atoms with van der Waals surface area (Å²) < 4.78 is 0. The van der Waals surface area contributed by atoms with E-state index in [1.165, 1.54) is 17.0 Å². The van der Waals surface area contributed by atoms with Gasteiger partial charge in [0.15, 0.2) is 0 Å². The molecule has 0 saturated heterocycles. The molecule has 1 aromatic rings. The fourth-order valence-corrected chi connectivity index (χ4v) is 1.97. The molecule has 0 saturated carbocycles. The van der Waals surface area contributed by atoms with E-state index in [2.05, 4.69) is 5.92 Å². The highest BCUT2D eigenvalue weighted by Gasteiger charge is 2.17. The van der Waals surface area contributed by atoms with Crippen molar-refractivity contribution in [2.75, 3.05) is 13.1 Å². The van der Waals surface area contributed by atoms with Crippen LogP contribution in [0.1, 0.15) is 26.3 Å². The second-order valence-electron chi connectivity index (χ2n) is 2.99. The first kappa shape index (κ1) is 12.3. The lowest BCUT2D eigenvalue weighted by Gasteiger charge is -2.16. The van der Waals surface area contributed by atoms with Crippen LogP contribution in [0.5, 0.6) is 0 Å². The Balaban J connectivity index is 2.87. The summed E-state index contributed by atoms with van der Waals surface area (Å²) in [6, 6.07) is 2.93. The molecule has 0 unspecified atom stereocenters. The van der Waals surface area contributed by atoms with Crippen LogP contribution in [0.15, 0.2) is 12.1 Å². The normalized spacial score (nSPS) is 9.50. The smallest absolute Gasteiger partial charge is 0.345 e. The van der Waals surface area contributed by atoms with Crippen LogP contribution >= 0.6 is 11.3 Å². The van der Waals surface area contributed by atoms with Crippen LogP contribution in [0, 0.1) is 12.3 Å². The Bertz CT molecular complexity index is 444. The van der Waals surface area contributed by atoms with E-state index in [-0.39, 0.29) is 17.3 Å². The predicted molar refractivity (Wildman–Crippen MR) is 61.7 cm³/mol. The van der Waals surface area contributed by atoms with Gasteiger partial charge < -0.3 is 10.0 Å². The number of carboxylic acid groups (broad SMARTS) is 1. The third-order valence-corrected chi connectivity index (χ3v) is 3.04. The summed E-state index contributed by atoms with van der Waals surface area (Å²) >= 11 is 0.959. The molecule has 1 N–H and O–H groups in total. The van der Waals surface area contributed by atoms with Gasteiger partial charge in [-0.15, -0.1) is 17.8 Å². The quantitative estimate of drug-likeness (QED) is 0.808. The highest BCUT2D eigenvalue weighted by Crippen LogP contribution is 2.18. The number of aromatic carboxylic acids is 1. The summed E-state index contributed by atoms with van der Waals surface area (Å²) in [4.78, 5) is 24.5. The average Bonchev–Trinajstić information content (AvgIpc) is 2.74. The number of thiophene rings is 1. The molecule has 0 bridgehead atoms. The number of hydrogen-bond acceptors (Lipinski definition) is 3. The maximum Gasteiger partial charge on any atom is 0.345 e. The third-order valence-electron chi connectivity index (χ3n) is 1.98. The molecule has 0 aliphatic heterocycles. The van der Waals surface area contributed by atoms with Gasteiger partial charge >= 0.3 is 5.97 Å². The molecule has 1 aromatic heterocycles. The molecule has 1 heterocycles. The lowest BCUT2D eigenvalue weighted by molar-refractivity contribution is 0.0701. The number of carboxylic acids is 1. The summed E-state index contributed by atoms with van der Waals surface area (Å²) in [6.07, 6.45) is 5.14. The summed E-state index contributed by atoms with van der Waals surface area (Å²) in [7, 11) is 0. The molecule has 16 heavy (non-hydrogen) atoms. The van der Waals surface area contributed by atoms with Crippen LogP contribution in [-0.4, -0.2) is 35.0 Å². The van der Waals surface area contributed by atoms with Crippen molar-refractivity contribution in [3.8, 4) is 12.3 Å². The van der Waals surface area contributed by atoms with Gasteiger partial charge in [-0.05, 0) is 19.1 Å². The van der Waals surface area contributed by atoms with E-state index in [4.69, 9.17) is 11.5 Å². The van der Waals surface area contributed by atoms with Crippen LogP contribution in [0.4, 0.5) is 0 Å². The molecule has 0 fully saturated rings. The number of carbonyl (C=O) groups is 2. The SMILES string of the molecule is C#CCN(CC)C(=O)c1ccc(C(=O)O)s1. The van der Waals surface area contributed by atoms with Crippen molar-refractivity contribution in [1.82, 2.24) is 4.90 Å². The van der Waals surface area contributed by atoms with Crippen LogP contribution in [0.25, 0.3) is 0 Å².